The molecular weight excluding hydrogens is 372 g/mol. The Hall–Kier alpha value is -1.28. The molecule has 0 radical (unpaired) electrons. The quantitative estimate of drug-likeness (QED) is 0.339. The van der Waals surface area contributed by atoms with Crippen molar-refractivity contribution in [1.82, 2.24) is 25.0 Å². The van der Waals surface area contributed by atoms with Gasteiger partial charge in [0.05, 0.1) is 6.61 Å². The van der Waals surface area contributed by atoms with Gasteiger partial charge in [0.2, 0.25) is 0 Å². The lowest BCUT2D eigenvalue weighted by Gasteiger charge is -2.25. The van der Waals surface area contributed by atoms with Crippen LogP contribution in [0, 0.1) is 5.41 Å². The lowest BCUT2D eigenvalue weighted by Crippen LogP contribution is -2.41. The van der Waals surface area contributed by atoms with Gasteiger partial charge in [0, 0.05) is 51.2 Å². The minimum Gasteiger partial charge on any atom is -0.381 e. The molecule has 28 heavy (non-hydrogen) atoms. The molecule has 0 amide bonds. The summed E-state index contributed by atoms with van der Waals surface area (Å²) in [7, 11) is 1.89. The lowest BCUT2D eigenvalue weighted by molar-refractivity contribution is 0.156. The summed E-state index contributed by atoms with van der Waals surface area (Å²) >= 11 is 1.71. The molecule has 1 N–H and O–H groups in total. The Bertz CT molecular complexity index is 678. The zero-order valence-electron chi connectivity index (χ0n) is 17.3. The topological polar surface area (TPSA) is 67.6 Å². The molecule has 1 atom stereocenters. The summed E-state index contributed by atoms with van der Waals surface area (Å²) in [6.45, 7) is 4.89. The summed E-state index contributed by atoms with van der Waals surface area (Å²) in [4.78, 5) is 6.93. The van der Waals surface area contributed by atoms with Crippen LogP contribution in [0.1, 0.15) is 56.8 Å². The maximum atomic E-state index is 5.65. The van der Waals surface area contributed by atoms with E-state index in [4.69, 9.17) is 4.74 Å². The first kappa shape index (κ1) is 20.0. The van der Waals surface area contributed by atoms with E-state index in [1.165, 1.54) is 38.5 Å². The van der Waals surface area contributed by atoms with Crippen molar-refractivity contribution >= 4 is 17.7 Å². The van der Waals surface area contributed by atoms with Crippen LogP contribution in [0.2, 0.25) is 0 Å². The Kier molecular flexibility index (Phi) is 6.45. The molecule has 1 saturated carbocycles. The fraction of sp³-hybridized carbons (Fsp3) is 0.850. The molecule has 2 aliphatic heterocycles. The summed E-state index contributed by atoms with van der Waals surface area (Å²) < 4.78 is 8.07. The molecular formula is C20H34N6OS. The molecule has 2 saturated heterocycles. The van der Waals surface area contributed by atoms with Gasteiger partial charge in [-0.1, -0.05) is 24.6 Å². The summed E-state index contributed by atoms with van der Waals surface area (Å²) in [5.41, 5.74) is 0.365. The fourth-order valence-electron chi connectivity index (χ4n) is 5.01. The number of likely N-dealkylation sites (tertiary alicyclic amines) is 1. The van der Waals surface area contributed by atoms with Crippen molar-refractivity contribution < 1.29 is 4.74 Å². The lowest BCUT2D eigenvalue weighted by atomic mass is 9.87. The molecule has 0 aromatic carbocycles. The second kappa shape index (κ2) is 9.03. The average Bonchev–Trinajstić information content (AvgIpc) is 3.50. The molecule has 1 unspecified atom stereocenters. The number of nitrogens with one attached hydrogen (secondary N) is 1. The number of hydrogen-bond donors (Lipinski definition) is 1. The SMILES string of the molecule is CN=C(NCCCc1nnc(SC)n1C1CCCC1)N1CCC2(CCOC2)C1. The number of ether oxygens (including phenoxy) is 1. The van der Waals surface area contributed by atoms with Gasteiger partial charge in [-0.15, -0.1) is 10.2 Å². The second-order valence-corrected chi connectivity index (χ2v) is 9.24. The number of aromatic nitrogens is 3. The van der Waals surface area contributed by atoms with Gasteiger partial charge in [0.1, 0.15) is 5.82 Å². The molecule has 1 aliphatic carbocycles. The normalized spacial score (nSPS) is 26.1. The Morgan fingerprint density at radius 2 is 2.18 bits per heavy atom. The van der Waals surface area contributed by atoms with Crippen molar-refractivity contribution in [3.05, 3.63) is 5.82 Å². The number of aryl methyl sites for hydroxylation is 1. The molecule has 3 heterocycles. The van der Waals surface area contributed by atoms with Crippen LogP contribution in [0.15, 0.2) is 10.1 Å². The maximum absolute atomic E-state index is 5.65. The Labute approximate surface area is 172 Å². The van der Waals surface area contributed by atoms with E-state index in [9.17, 15) is 0 Å². The van der Waals surface area contributed by atoms with Gasteiger partial charge in [-0.25, -0.2) is 0 Å². The zero-order chi connectivity index (χ0) is 19.4. The number of hydrogen-bond acceptors (Lipinski definition) is 5. The molecule has 1 aromatic heterocycles. The van der Waals surface area contributed by atoms with Crippen molar-refractivity contribution in [1.29, 1.82) is 0 Å². The smallest absolute Gasteiger partial charge is 0.193 e. The Morgan fingerprint density at radius 3 is 2.89 bits per heavy atom. The average molecular weight is 407 g/mol. The van der Waals surface area contributed by atoms with E-state index < -0.39 is 0 Å². The highest BCUT2D eigenvalue weighted by molar-refractivity contribution is 7.98. The first-order valence-corrected chi connectivity index (χ1v) is 12.0. The first-order chi connectivity index (χ1) is 13.7. The van der Waals surface area contributed by atoms with E-state index in [2.05, 4.69) is 36.2 Å². The molecule has 3 aliphatic rings. The van der Waals surface area contributed by atoms with E-state index in [-0.39, 0.29) is 0 Å². The second-order valence-electron chi connectivity index (χ2n) is 8.46. The van der Waals surface area contributed by atoms with E-state index in [0.717, 1.165) is 62.6 Å². The highest BCUT2D eigenvalue weighted by Crippen LogP contribution is 2.38. The van der Waals surface area contributed by atoms with Gasteiger partial charge in [-0.05, 0) is 38.4 Å². The van der Waals surface area contributed by atoms with Crippen LogP contribution in [0.25, 0.3) is 0 Å². The number of aliphatic imine (C=N–C) groups is 1. The Balaban J connectivity index is 1.28. The van der Waals surface area contributed by atoms with Crippen molar-refractivity contribution in [3.8, 4) is 0 Å². The first-order valence-electron chi connectivity index (χ1n) is 10.8. The third kappa shape index (κ3) is 4.17. The van der Waals surface area contributed by atoms with E-state index in [0.29, 0.717) is 11.5 Å². The van der Waals surface area contributed by atoms with Crippen molar-refractivity contribution in [2.24, 2.45) is 10.4 Å². The highest BCUT2D eigenvalue weighted by atomic mass is 32.2. The van der Waals surface area contributed by atoms with E-state index >= 15 is 0 Å². The summed E-state index contributed by atoms with van der Waals surface area (Å²) in [5, 5.41) is 13.6. The van der Waals surface area contributed by atoms with Crippen LogP contribution >= 0.6 is 11.8 Å². The van der Waals surface area contributed by atoms with E-state index in [1.54, 1.807) is 11.8 Å². The van der Waals surface area contributed by atoms with Crippen LogP contribution in [-0.2, 0) is 11.2 Å². The maximum Gasteiger partial charge on any atom is 0.193 e. The van der Waals surface area contributed by atoms with Crippen molar-refractivity contribution in [2.75, 3.05) is 46.2 Å². The number of thioether (sulfide) groups is 1. The standard InChI is InChI=1S/C20H34N6OS/c1-21-18(25-12-9-20(14-25)10-13-27-15-20)22-11-5-8-17-23-24-19(28-2)26(17)16-6-3-4-7-16/h16H,3-15H2,1-2H3,(H,21,22). The van der Waals surface area contributed by atoms with Gasteiger partial charge in [0.25, 0.3) is 0 Å². The Morgan fingerprint density at radius 1 is 1.32 bits per heavy atom. The molecule has 7 nitrogen and oxygen atoms in total. The minimum atomic E-state index is 0.365. The third-order valence-corrected chi connectivity index (χ3v) is 7.25. The fourth-order valence-corrected chi connectivity index (χ4v) is 5.59. The van der Waals surface area contributed by atoms with Crippen molar-refractivity contribution in [3.63, 3.8) is 0 Å². The highest BCUT2D eigenvalue weighted by Gasteiger charge is 2.42. The van der Waals surface area contributed by atoms with Gasteiger partial charge in [0.15, 0.2) is 11.1 Å². The molecule has 156 valence electrons. The number of guanidine groups is 1. The van der Waals surface area contributed by atoms with Crippen LogP contribution in [0.3, 0.4) is 0 Å². The van der Waals surface area contributed by atoms with Gasteiger partial charge < -0.3 is 19.5 Å². The summed E-state index contributed by atoms with van der Waals surface area (Å²) in [5.74, 6) is 2.18. The van der Waals surface area contributed by atoms with Crippen LogP contribution in [0.4, 0.5) is 0 Å². The third-order valence-electron chi connectivity index (χ3n) is 6.60. The van der Waals surface area contributed by atoms with Gasteiger partial charge in [-0.3, -0.25) is 4.99 Å². The largest absolute Gasteiger partial charge is 0.381 e. The van der Waals surface area contributed by atoms with Crippen molar-refractivity contribution in [2.45, 2.75) is 62.6 Å². The molecule has 8 heteroatoms. The number of nitrogens with zero attached hydrogens (tertiary/aromatic N) is 5. The summed E-state index contributed by atoms with van der Waals surface area (Å²) in [6.07, 6.45) is 11.7. The predicted molar refractivity (Wildman–Crippen MR) is 113 cm³/mol. The number of rotatable bonds is 6. The molecule has 1 spiro atoms. The van der Waals surface area contributed by atoms with E-state index in [1.807, 2.05) is 7.05 Å². The van der Waals surface area contributed by atoms with Crippen LogP contribution in [0.5, 0.6) is 0 Å². The molecule has 4 rings (SSSR count). The van der Waals surface area contributed by atoms with Crippen LogP contribution in [-0.4, -0.2) is 71.8 Å². The monoisotopic (exact) mass is 406 g/mol. The van der Waals surface area contributed by atoms with Gasteiger partial charge >= 0.3 is 0 Å². The summed E-state index contributed by atoms with van der Waals surface area (Å²) in [6, 6.07) is 0.600. The predicted octanol–water partition coefficient (Wildman–Crippen LogP) is 2.74. The van der Waals surface area contributed by atoms with Gasteiger partial charge in [-0.2, -0.15) is 0 Å². The zero-order valence-corrected chi connectivity index (χ0v) is 18.1. The molecule has 0 bridgehead atoms. The molecule has 1 aromatic rings. The minimum absolute atomic E-state index is 0.365. The van der Waals surface area contributed by atoms with Crippen LogP contribution < -0.4 is 5.32 Å². The molecule has 3 fully saturated rings.